The van der Waals surface area contributed by atoms with Gasteiger partial charge in [0.15, 0.2) is 0 Å². The molecule has 10 atom stereocenters. The SMILES string of the molecule is CC(CCC(=O)OCCOCCN=[N+]=[N-])C1CC[C@H]2[C@@H]3CC[C@@H]4C[C@H](OC(=O)C(CC(=O)O)NC(=O)c5ccc([N+](=O)[O-])cc5)CC[C@]4(C)[C@H]3CC[C@]12C. The second kappa shape index (κ2) is 17.9. The first-order valence-electron chi connectivity index (χ1n) is 19.5. The summed E-state index contributed by atoms with van der Waals surface area (Å²) in [5.74, 6) is 0.246. The van der Waals surface area contributed by atoms with Crippen LogP contribution in [-0.4, -0.2) is 72.4 Å². The van der Waals surface area contributed by atoms with Crippen molar-refractivity contribution in [2.45, 2.75) is 110 Å². The summed E-state index contributed by atoms with van der Waals surface area (Å²) in [6.45, 7) is 8.23. The summed E-state index contributed by atoms with van der Waals surface area (Å²) in [6.07, 6.45) is 9.38. The first-order valence-corrected chi connectivity index (χ1v) is 19.5. The van der Waals surface area contributed by atoms with Crippen LogP contribution in [0.15, 0.2) is 29.4 Å². The first kappa shape index (κ1) is 40.9. The number of carbonyl (C=O) groups is 4. The minimum atomic E-state index is -1.39. The Balaban J connectivity index is 1.12. The Morgan fingerprint density at radius 1 is 1.02 bits per heavy atom. The molecule has 1 aromatic carbocycles. The molecule has 5 rings (SSSR count). The van der Waals surface area contributed by atoms with Crippen LogP contribution in [-0.2, 0) is 28.6 Å². The van der Waals surface area contributed by atoms with E-state index in [0.717, 1.165) is 38.5 Å². The minimum Gasteiger partial charge on any atom is -0.481 e. The number of amides is 1. The van der Waals surface area contributed by atoms with Crippen molar-refractivity contribution in [1.82, 2.24) is 5.32 Å². The van der Waals surface area contributed by atoms with E-state index >= 15 is 0 Å². The smallest absolute Gasteiger partial charge is 0.329 e. The van der Waals surface area contributed by atoms with E-state index in [1.807, 2.05) is 0 Å². The van der Waals surface area contributed by atoms with Crippen LogP contribution in [0.4, 0.5) is 5.69 Å². The number of carbonyl (C=O) groups excluding carboxylic acids is 3. The summed E-state index contributed by atoms with van der Waals surface area (Å²) in [7, 11) is 0. The summed E-state index contributed by atoms with van der Waals surface area (Å²) < 4.78 is 16.6. The Bertz CT molecular complexity index is 1580. The molecule has 1 aromatic rings. The molecular formula is C39H55N5O10. The maximum absolute atomic E-state index is 13.3. The van der Waals surface area contributed by atoms with Crippen LogP contribution in [0.2, 0.25) is 0 Å². The van der Waals surface area contributed by atoms with E-state index in [1.165, 1.54) is 37.1 Å². The van der Waals surface area contributed by atoms with Gasteiger partial charge in [-0.3, -0.25) is 24.5 Å². The van der Waals surface area contributed by atoms with Gasteiger partial charge in [0.2, 0.25) is 0 Å². The number of nitro benzene ring substituents is 1. The molecule has 0 saturated heterocycles. The number of azide groups is 1. The molecule has 4 aliphatic rings. The molecule has 54 heavy (non-hydrogen) atoms. The van der Waals surface area contributed by atoms with Crippen molar-refractivity contribution in [3.63, 3.8) is 0 Å². The molecule has 4 saturated carbocycles. The zero-order valence-corrected chi connectivity index (χ0v) is 31.7. The van der Waals surface area contributed by atoms with E-state index in [9.17, 15) is 34.4 Å². The van der Waals surface area contributed by atoms with Crippen molar-refractivity contribution in [2.75, 3.05) is 26.4 Å². The van der Waals surface area contributed by atoms with Crippen LogP contribution in [0.3, 0.4) is 0 Å². The summed E-state index contributed by atoms with van der Waals surface area (Å²) in [6, 6.07) is 3.47. The number of hydrogen-bond acceptors (Lipinski definition) is 10. The van der Waals surface area contributed by atoms with E-state index in [2.05, 4.69) is 36.1 Å². The van der Waals surface area contributed by atoms with Crippen LogP contribution < -0.4 is 5.32 Å². The Kier molecular flexibility index (Phi) is 13.6. The fourth-order valence-electron chi connectivity index (χ4n) is 11.0. The normalized spacial score (nSPS) is 30.9. The van der Waals surface area contributed by atoms with Gasteiger partial charge in [0.05, 0.1) is 24.6 Å². The Hall–Kier alpha value is -4.23. The van der Waals surface area contributed by atoms with Crippen LogP contribution in [0.25, 0.3) is 10.4 Å². The Labute approximate surface area is 316 Å². The van der Waals surface area contributed by atoms with Crippen molar-refractivity contribution < 1.29 is 43.4 Å². The third-order valence-electron chi connectivity index (χ3n) is 13.7. The average molecular weight is 754 g/mol. The summed E-state index contributed by atoms with van der Waals surface area (Å²) in [5.41, 5.74) is 8.55. The number of benzene rings is 1. The highest BCUT2D eigenvalue weighted by molar-refractivity contribution is 5.97. The molecule has 0 heterocycles. The van der Waals surface area contributed by atoms with Crippen LogP contribution in [0.1, 0.15) is 108 Å². The summed E-state index contributed by atoms with van der Waals surface area (Å²) in [4.78, 5) is 63.3. The second-order valence-electron chi connectivity index (χ2n) is 16.4. The van der Waals surface area contributed by atoms with Gasteiger partial charge in [-0.2, -0.15) is 0 Å². The third-order valence-corrected chi connectivity index (χ3v) is 13.7. The van der Waals surface area contributed by atoms with Crippen molar-refractivity contribution >= 4 is 29.5 Å². The number of nitrogens with zero attached hydrogens (tertiary/aromatic N) is 4. The predicted octanol–water partition coefficient (Wildman–Crippen LogP) is 7.03. The van der Waals surface area contributed by atoms with Crippen molar-refractivity contribution in [2.24, 2.45) is 51.5 Å². The lowest BCUT2D eigenvalue weighted by Gasteiger charge is -2.61. The molecule has 4 fully saturated rings. The number of nitro groups is 1. The van der Waals surface area contributed by atoms with Gasteiger partial charge in [-0.1, -0.05) is 25.9 Å². The lowest BCUT2D eigenvalue weighted by molar-refractivity contribution is -0.384. The van der Waals surface area contributed by atoms with Gasteiger partial charge in [0.1, 0.15) is 18.8 Å². The van der Waals surface area contributed by atoms with E-state index in [1.54, 1.807) is 0 Å². The summed E-state index contributed by atoms with van der Waals surface area (Å²) >= 11 is 0. The first-order chi connectivity index (χ1) is 25.8. The van der Waals surface area contributed by atoms with Gasteiger partial charge < -0.3 is 24.6 Å². The average Bonchev–Trinajstić information content (AvgIpc) is 3.50. The third kappa shape index (κ3) is 9.34. The fourth-order valence-corrected chi connectivity index (χ4v) is 11.0. The van der Waals surface area contributed by atoms with E-state index in [4.69, 9.17) is 19.7 Å². The molecule has 15 nitrogen and oxygen atoms in total. The summed E-state index contributed by atoms with van der Waals surface area (Å²) in [5, 5.41) is 26.3. The minimum absolute atomic E-state index is 0.0696. The molecule has 1 amide bonds. The molecule has 3 unspecified atom stereocenters. The monoisotopic (exact) mass is 753 g/mol. The number of esters is 2. The van der Waals surface area contributed by atoms with Crippen molar-refractivity contribution in [3.05, 3.63) is 50.4 Å². The maximum atomic E-state index is 13.3. The number of fused-ring (bicyclic) bond motifs is 5. The fraction of sp³-hybridized carbons (Fsp3) is 0.744. The number of nitrogens with one attached hydrogen (secondary N) is 1. The van der Waals surface area contributed by atoms with Gasteiger partial charge in [0.25, 0.3) is 11.6 Å². The zero-order valence-electron chi connectivity index (χ0n) is 31.7. The topological polar surface area (TPSA) is 220 Å². The number of hydrogen-bond donors (Lipinski definition) is 2. The number of carboxylic acids is 1. The largest absolute Gasteiger partial charge is 0.481 e. The van der Waals surface area contributed by atoms with E-state index in [0.29, 0.717) is 61.4 Å². The van der Waals surface area contributed by atoms with Crippen LogP contribution >= 0.6 is 0 Å². The highest BCUT2D eigenvalue weighted by Crippen LogP contribution is 2.68. The van der Waals surface area contributed by atoms with Crippen molar-refractivity contribution in [3.8, 4) is 0 Å². The highest BCUT2D eigenvalue weighted by atomic mass is 16.6. The molecule has 4 aliphatic carbocycles. The van der Waals surface area contributed by atoms with E-state index < -0.39 is 35.2 Å². The van der Waals surface area contributed by atoms with Gasteiger partial charge in [0, 0.05) is 35.6 Å². The molecule has 0 aromatic heterocycles. The predicted molar refractivity (Wildman–Crippen MR) is 196 cm³/mol. The number of carboxylic acid groups (broad SMARTS) is 1. The van der Waals surface area contributed by atoms with Crippen molar-refractivity contribution in [1.29, 1.82) is 0 Å². The van der Waals surface area contributed by atoms with Gasteiger partial charge >= 0.3 is 17.9 Å². The van der Waals surface area contributed by atoms with Gasteiger partial charge in [-0.15, -0.1) is 0 Å². The molecule has 15 heteroatoms. The van der Waals surface area contributed by atoms with Gasteiger partial charge in [-0.25, -0.2) is 4.79 Å². The quantitative estimate of drug-likeness (QED) is 0.0315. The lowest BCUT2D eigenvalue weighted by Crippen LogP contribution is -2.54. The number of non-ortho nitro benzene ring substituents is 1. The number of ether oxygens (including phenoxy) is 3. The molecule has 0 bridgehead atoms. The zero-order chi connectivity index (χ0) is 39.0. The molecular weight excluding hydrogens is 698 g/mol. The molecule has 0 radical (unpaired) electrons. The van der Waals surface area contributed by atoms with Gasteiger partial charge in [-0.05, 0) is 128 Å². The van der Waals surface area contributed by atoms with E-state index in [-0.39, 0.29) is 53.9 Å². The number of rotatable bonds is 17. The highest BCUT2D eigenvalue weighted by Gasteiger charge is 2.60. The molecule has 0 aliphatic heterocycles. The standard InChI is InChI=1S/C39H55N5O10/c1-24(4-13-35(47)53-21-20-52-19-18-41-43-40)30-11-12-31-29-10-7-26-22-28(14-16-38(26,2)32(29)15-17-39(30,31)3)54-37(49)33(23-34(45)46)42-36(48)25-5-8-27(9-6-25)44(50)51/h5-6,8-9,24,26,28-33H,4,7,10-23H2,1-3H3,(H,42,48)(H,45,46)/t24?,26-,28-,29+,30?,31+,32+,33?,38+,39-/m1/s1. The maximum Gasteiger partial charge on any atom is 0.329 e. The second-order valence-corrected chi connectivity index (χ2v) is 16.4. The van der Waals surface area contributed by atoms with Crippen LogP contribution in [0.5, 0.6) is 0 Å². The Morgan fingerprint density at radius 2 is 1.74 bits per heavy atom. The number of aliphatic carboxylic acids is 1. The Morgan fingerprint density at radius 3 is 2.44 bits per heavy atom. The molecule has 296 valence electrons. The molecule has 0 spiro atoms. The van der Waals surface area contributed by atoms with Crippen LogP contribution in [0, 0.1) is 56.5 Å². The molecule has 2 N–H and O–H groups in total. The lowest BCUT2D eigenvalue weighted by atomic mass is 9.44.